The third kappa shape index (κ3) is 6.17. The van der Waals surface area contributed by atoms with Gasteiger partial charge >= 0.3 is 6.85 Å². The largest absolute Gasteiger partial charge is 0.376 e. The van der Waals surface area contributed by atoms with E-state index in [0.29, 0.717) is 0 Å². The summed E-state index contributed by atoms with van der Waals surface area (Å²) in [6.45, 7) is 29.0. The maximum Gasteiger partial charge on any atom is 0.333 e. The number of hydrogen-bond acceptors (Lipinski definition) is 2. The van der Waals surface area contributed by atoms with Crippen LogP contribution in [0.2, 0.25) is 0 Å². The Morgan fingerprint density at radius 2 is 1.14 bits per heavy atom. The molecule has 2 nitrogen and oxygen atoms in total. The topological polar surface area (TPSA) is 8.17 Å². The Labute approximate surface area is 436 Å². The van der Waals surface area contributed by atoms with Crippen molar-refractivity contribution in [1.29, 1.82) is 0 Å². The lowest BCUT2D eigenvalue weighted by Gasteiger charge is -2.43. The molecule has 2 aliphatic heterocycles. The molecule has 10 aromatic rings. The van der Waals surface area contributed by atoms with Crippen molar-refractivity contribution in [3.8, 4) is 49.5 Å². The molecule has 14 rings (SSSR count). The van der Waals surface area contributed by atoms with Crippen molar-refractivity contribution in [3.63, 3.8) is 0 Å². The van der Waals surface area contributed by atoms with E-state index in [-0.39, 0.29) is 33.9 Å². The Balaban J connectivity index is 1.23. The molecule has 0 fully saturated rings. The molecule has 0 bridgehead atoms. The van der Waals surface area contributed by atoms with E-state index in [4.69, 9.17) is 0 Å². The van der Waals surface area contributed by atoms with Crippen LogP contribution in [0, 0.1) is 0 Å². The zero-order valence-electron chi connectivity index (χ0n) is 44.7. The molecule has 73 heavy (non-hydrogen) atoms. The monoisotopic (exact) mass is 964 g/mol. The Kier molecular flexibility index (Phi) is 9.12. The molecular formula is C69H65BN2S. The fraction of sp³-hybridized carbons (Fsp3) is 0.275. The average molecular weight is 965 g/mol. The van der Waals surface area contributed by atoms with Gasteiger partial charge in [-0.25, -0.2) is 0 Å². The molecule has 0 spiro atoms. The van der Waals surface area contributed by atoms with E-state index in [1.54, 1.807) is 0 Å². The van der Waals surface area contributed by atoms with Crippen LogP contribution in [0.4, 0.5) is 11.4 Å². The number of anilines is 2. The van der Waals surface area contributed by atoms with Crippen LogP contribution in [0.3, 0.4) is 0 Å². The average Bonchev–Trinajstić information content (AvgIpc) is 3.99. The first-order chi connectivity index (χ1) is 34.7. The van der Waals surface area contributed by atoms with Gasteiger partial charge in [0.05, 0.1) is 11.0 Å². The molecule has 2 aliphatic carbocycles. The Hall–Kier alpha value is -6.62. The van der Waals surface area contributed by atoms with Gasteiger partial charge in [-0.2, -0.15) is 0 Å². The molecule has 2 aromatic heterocycles. The minimum absolute atomic E-state index is 0.0256. The smallest absolute Gasteiger partial charge is 0.333 e. The summed E-state index contributed by atoms with van der Waals surface area (Å²) in [5.41, 5.74) is 27.1. The van der Waals surface area contributed by atoms with Gasteiger partial charge in [0.25, 0.3) is 0 Å². The quantitative estimate of drug-likeness (QED) is 0.160. The molecule has 0 radical (unpaired) electrons. The number of nitrogens with zero attached hydrogens (tertiary/aromatic N) is 2. The van der Waals surface area contributed by atoms with Gasteiger partial charge in [0.15, 0.2) is 0 Å². The zero-order valence-corrected chi connectivity index (χ0v) is 45.5. The third-order valence-electron chi connectivity index (χ3n) is 18.1. The molecule has 0 saturated carbocycles. The summed E-state index contributed by atoms with van der Waals surface area (Å²) in [5.74, 6) is 0. The first-order valence-electron chi connectivity index (χ1n) is 26.8. The minimum atomic E-state index is -0.259. The molecule has 0 N–H and O–H groups in total. The molecule has 4 aliphatic rings. The molecule has 8 aromatic carbocycles. The summed E-state index contributed by atoms with van der Waals surface area (Å²) in [6, 6.07) is 59.4. The highest BCUT2D eigenvalue weighted by atomic mass is 32.1. The standard InChI is InChI=1S/C69H65BN2S/c1-65(2,3)42-27-30-44(31-28-42)72-53-32-29-43(66(4,5)6)35-46(53)59-58-45-25-19-20-26-49(45)69(11,12)61(58)60-47-36-50-51(68(9,10)34-33-67(50,7)8)38-54(47)71-55-37-48-56(39-52(55)70(72)62(59)63(60)71)73-64(41-23-17-14-18-24-41)57(48)40-21-15-13-16-22-40/h13-32,35-39H,33-34H2,1-12H3. The molecule has 0 saturated heterocycles. The molecule has 360 valence electrons. The van der Waals surface area contributed by atoms with Crippen molar-refractivity contribution in [2.24, 2.45) is 0 Å². The summed E-state index contributed by atoms with van der Waals surface area (Å²) in [4.78, 5) is 4.07. The SMILES string of the molecule is CC(C)(C)c1ccc(N2B3c4cc5sc(-c6ccccc6)c(-c6ccccc6)c5cc4-n4c5cc6c(cc5c5c7c(c(c3c54)-c3cc(C(C)(C)C)ccc32)-c2ccccc2C7(C)C)C(C)(C)CCC6(C)C)cc1. The normalized spacial score (nSPS) is 16.7. The van der Waals surface area contributed by atoms with Gasteiger partial charge < -0.3 is 9.38 Å². The van der Waals surface area contributed by atoms with Crippen LogP contribution in [0.25, 0.3) is 81.4 Å². The molecule has 0 unspecified atom stereocenters. The zero-order chi connectivity index (χ0) is 50.5. The third-order valence-corrected chi connectivity index (χ3v) is 19.3. The Morgan fingerprint density at radius 3 is 1.81 bits per heavy atom. The van der Waals surface area contributed by atoms with Crippen molar-refractivity contribution in [2.45, 2.75) is 123 Å². The lowest BCUT2D eigenvalue weighted by molar-refractivity contribution is 0.332. The van der Waals surface area contributed by atoms with Crippen LogP contribution in [0.1, 0.15) is 129 Å². The van der Waals surface area contributed by atoms with E-state index in [2.05, 4.69) is 244 Å². The second-order valence-electron chi connectivity index (χ2n) is 25.9. The molecule has 4 heterocycles. The summed E-state index contributed by atoms with van der Waals surface area (Å²) < 4.78 is 4.11. The van der Waals surface area contributed by atoms with Gasteiger partial charge in [-0.15, -0.1) is 11.3 Å². The van der Waals surface area contributed by atoms with Crippen LogP contribution in [-0.4, -0.2) is 11.4 Å². The molecule has 4 heteroatoms. The van der Waals surface area contributed by atoms with E-state index in [9.17, 15) is 0 Å². The highest BCUT2D eigenvalue weighted by Crippen LogP contribution is 2.60. The van der Waals surface area contributed by atoms with E-state index in [1.165, 1.54) is 150 Å². The summed E-state index contributed by atoms with van der Waals surface area (Å²) in [6.07, 6.45) is 2.34. The van der Waals surface area contributed by atoms with Crippen molar-refractivity contribution in [2.75, 3.05) is 4.81 Å². The second kappa shape index (κ2) is 14.8. The fourth-order valence-corrected chi connectivity index (χ4v) is 15.3. The van der Waals surface area contributed by atoms with Gasteiger partial charge in [-0.1, -0.05) is 186 Å². The van der Waals surface area contributed by atoms with E-state index in [1.807, 2.05) is 11.3 Å². The minimum Gasteiger partial charge on any atom is -0.376 e. The predicted octanol–water partition coefficient (Wildman–Crippen LogP) is 17.8. The number of aromatic nitrogens is 1. The van der Waals surface area contributed by atoms with Crippen molar-refractivity contribution >= 4 is 72.4 Å². The van der Waals surface area contributed by atoms with Crippen molar-refractivity contribution < 1.29 is 0 Å². The second-order valence-corrected chi connectivity index (χ2v) is 27.0. The van der Waals surface area contributed by atoms with Crippen LogP contribution < -0.4 is 15.7 Å². The van der Waals surface area contributed by atoms with Crippen molar-refractivity contribution in [1.82, 2.24) is 4.57 Å². The summed E-state index contributed by atoms with van der Waals surface area (Å²) in [7, 11) is 0. The lowest BCUT2D eigenvalue weighted by atomic mass is 9.43. The highest BCUT2D eigenvalue weighted by Gasteiger charge is 2.51. The van der Waals surface area contributed by atoms with E-state index in [0.717, 1.165) is 0 Å². The first-order valence-corrected chi connectivity index (χ1v) is 27.7. The first kappa shape index (κ1) is 45.0. The van der Waals surface area contributed by atoms with Gasteiger partial charge in [0, 0.05) is 59.3 Å². The number of benzene rings is 8. The number of fused-ring (bicyclic) bond motifs is 15. The fourth-order valence-electron chi connectivity index (χ4n) is 14.1. The van der Waals surface area contributed by atoms with Gasteiger partial charge in [-0.3, -0.25) is 0 Å². The van der Waals surface area contributed by atoms with Crippen LogP contribution >= 0.6 is 11.3 Å². The predicted molar refractivity (Wildman–Crippen MR) is 316 cm³/mol. The molecule has 0 atom stereocenters. The van der Waals surface area contributed by atoms with Crippen LogP contribution in [0.5, 0.6) is 0 Å². The Bertz CT molecular complexity index is 4000. The summed E-state index contributed by atoms with van der Waals surface area (Å²) >= 11 is 1.95. The maximum atomic E-state index is 2.79. The van der Waals surface area contributed by atoms with Crippen LogP contribution in [-0.2, 0) is 27.1 Å². The van der Waals surface area contributed by atoms with Crippen molar-refractivity contribution in [3.05, 3.63) is 185 Å². The number of hydrogen-bond donors (Lipinski definition) is 0. The Morgan fingerprint density at radius 1 is 0.521 bits per heavy atom. The van der Waals surface area contributed by atoms with Crippen LogP contribution in [0.15, 0.2) is 152 Å². The molecule has 0 amide bonds. The van der Waals surface area contributed by atoms with Gasteiger partial charge in [0.1, 0.15) is 0 Å². The maximum absolute atomic E-state index is 2.79. The number of thiophene rings is 1. The van der Waals surface area contributed by atoms with Gasteiger partial charge in [0.2, 0.25) is 0 Å². The van der Waals surface area contributed by atoms with E-state index < -0.39 is 0 Å². The van der Waals surface area contributed by atoms with E-state index >= 15 is 0 Å². The summed E-state index contributed by atoms with van der Waals surface area (Å²) in [5, 5.41) is 4.13. The highest BCUT2D eigenvalue weighted by molar-refractivity contribution is 7.23. The molecular weight excluding hydrogens is 900 g/mol. The lowest BCUT2D eigenvalue weighted by Crippen LogP contribution is -2.60. The number of rotatable bonds is 3. The van der Waals surface area contributed by atoms with Gasteiger partial charge in [-0.05, 0) is 155 Å².